The van der Waals surface area contributed by atoms with E-state index in [1.165, 1.54) is 0 Å². The topological polar surface area (TPSA) is 52.3 Å². The highest BCUT2D eigenvalue weighted by Gasteiger charge is 2.20. The monoisotopic (exact) mass is 331 g/mol. The molecule has 0 bridgehead atoms. The Labute approximate surface area is 148 Å². The molecule has 0 aliphatic rings. The number of Topliss-reactive ketones (excluding diaryl/α,β-unsaturated/α-hetero) is 1. The third-order valence-corrected chi connectivity index (χ3v) is 4.35. The molecule has 3 rings (SSSR count). The van der Waals surface area contributed by atoms with Gasteiger partial charge in [0.15, 0.2) is 5.78 Å². The van der Waals surface area contributed by atoms with Crippen molar-refractivity contribution in [1.82, 2.24) is 0 Å². The predicted octanol–water partition coefficient (Wildman–Crippen LogP) is 4.68. The zero-order valence-corrected chi connectivity index (χ0v) is 14.2. The Bertz CT molecular complexity index is 805. The van der Waals surface area contributed by atoms with Crippen molar-refractivity contribution in [2.24, 2.45) is 0 Å². The molecule has 3 aromatic rings. The van der Waals surface area contributed by atoms with Crippen LogP contribution in [-0.2, 0) is 0 Å². The van der Waals surface area contributed by atoms with E-state index in [4.69, 9.17) is 10.5 Å². The molecule has 2 N–H and O–H groups in total. The Kier molecular flexibility index (Phi) is 5.14. The zero-order chi connectivity index (χ0) is 17.6. The van der Waals surface area contributed by atoms with Crippen LogP contribution in [0.25, 0.3) is 0 Å². The molecule has 0 radical (unpaired) electrons. The Balaban J connectivity index is 1.95. The lowest BCUT2D eigenvalue weighted by molar-refractivity contribution is 0.0978. The van der Waals surface area contributed by atoms with Gasteiger partial charge in [-0.1, -0.05) is 60.7 Å². The summed E-state index contributed by atoms with van der Waals surface area (Å²) >= 11 is 0. The first-order valence-electron chi connectivity index (χ1n) is 8.25. The van der Waals surface area contributed by atoms with Gasteiger partial charge in [0.05, 0.1) is 7.11 Å². The molecule has 0 fully saturated rings. The molecule has 3 aromatic carbocycles. The molecule has 0 aromatic heterocycles. The smallest absolute Gasteiger partial charge is 0.166 e. The van der Waals surface area contributed by atoms with Crippen LogP contribution in [0, 0.1) is 0 Å². The van der Waals surface area contributed by atoms with Gasteiger partial charge in [0, 0.05) is 23.6 Å². The Hall–Kier alpha value is -3.07. The molecule has 3 heteroatoms. The van der Waals surface area contributed by atoms with Gasteiger partial charge in [-0.15, -0.1) is 0 Å². The van der Waals surface area contributed by atoms with Crippen molar-refractivity contribution in [3.05, 3.63) is 95.6 Å². The highest BCUT2D eigenvalue weighted by molar-refractivity contribution is 6.01. The molecular weight excluding hydrogens is 310 g/mol. The fourth-order valence-corrected chi connectivity index (χ4v) is 3.00. The summed E-state index contributed by atoms with van der Waals surface area (Å²) in [4.78, 5) is 13.0. The first-order chi connectivity index (χ1) is 12.2. The first kappa shape index (κ1) is 16.8. The standard InChI is InChI=1S/C22H21NO2/c1-25-18-12-13-21(23)20(14-18)22(24)15-19(16-8-4-2-5-9-16)17-10-6-3-7-11-17/h2-14,19H,15,23H2,1H3. The number of rotatable bonds is 6. The van der Waals surface area contributed by atoms with Crippen molar-refractivity contribution in [2.75, 3.05) is 12.8 Å². The summed E-state index contributed by atoms with van der Waals surface area (Å²) in [5.74, 6) is 0.628. The largest absolute Gasteiger partial charge is 0.497 e. The highest BCUT2D eigenvalue weighted by Crippen LogP contribution is 2.31. The maximum atomic E-state index is 13.0. The maximum Gasteiger partial charge on any atom is 0.166 e. The number of benzene rings is 3. The molecule has 0 spiro atoms. The second-order valence-corrected chi connectivity index (χ2v) is 5.95. The fourth-order valence-electron chi connectivity index (χ4n) is 3.00. The van der Waals surface area contributed by atoms with E-state index in [2.05, 4.69) is 24.3 Å². The van der Waals surface area contributed by atoms with Gasteiger partial charge in [-0.3, -0.25) is 4.79 Å². The summed E-state index contributed by atoms with van der Waals surface area (Å²) in [5, 5.41) is 0. The number of hydrogen-bond acceptors (Lipinski definition) is 3. The molecule has 3 nitrogen and oxygen atoms in total. The second kappa shape index (κ2) is 7.67. The lowest BCUT2D eigenvalue weighted by atomic mass is 9.85. The predicted molar refractivity (Wildman–Crippen MR) is 101 cm³/mol. The lowest BCUT2D eigenvalue weighted by Gasteiger charge is -2.18. The quantitative estimate of drug-likeness (QED) is 0.527. The van der Waals surface area contributed by atoms with Crippen LogP contribution in [0.2, 0.25) is 0 Å². The number of hydrogen-bond donors (Lipinski definition) is 1. The van der Waals surface area contributed by atoms with Crippen LogP contribution in [0.1, 0.15) is 33.8 Å². The van der Waals surface area contributed by atoms with Gasteiger partial charge in [-0.2, -0.15) is 0 Å². The Morgan fingerprint density at radius 1 is 0.920 bits per heavy atom. The number of carbonyl (C=O) groups excluding carboxylic acids is 1. The van der Waals surface area contributed by atoms with Gasteiger partial charge >= 0.3 is 0 Å². The van der Waals surface area contributed by atoms with Crippen molar-refractivity contribution in [2.45, 2.75) is 12.3 Å². The van der Waals surface area contributed by atoms with Gasteiger partial charge < -0.3 is 10.5 Å². The van der Waals surface area contributed by atoms with E-state index in [0.29, 0.717) is 23.4 Å². The summed E-state index contributed by atoms with van der Waals surface area (Å²) in [6.45, 7) is 0. The number of nitrogen functional groups attached to an aromatic ring is 1. The minimum atomic E-state index is -0.0134. The van der Waals surface area contributed by atoms with Crippen molar-refractivity contribution >= 4 is 11.5 Å². The molecule has 126 valence electrons. The van der Waals surface area contributed by atoms with E-state index in [9.17, 15) is 4.79 Å². The third kappa shape index (κ3) is 3.89. The Morgan fingerprint density at radius 2 is 1.48 bits per heavy atom. The SMILES string of the molecule is COc1ccc(N)c(C(=O)CC(c2ccccc2)c2ccccc2)c1. The van der Waals surface area contributed by atoms with Crippen molar-refractivity contribution in [3.63, 3.8) is 0 Å². The summed E-state index contributed by atoms with van der Waals surface area (Å²) in [5.41, 5.74) is 9.24. The summed E-state index contributed by atoms with van der Waals surface area (Å²) < 4.78 is 5.23. The van der Waals surface area contributed by atoms with Crippen LogP contribution in [-0.4, -0.2) is 12.9 Å². The summed E-state index contributed by atoms with van der Waals surface area (Å²) in [6.07, 6.45) is 0.353. The summed E-state index contributed by atoms with van der Waals surface area (Å²) in [6, 6.07) is 25.4. The molecule has 0 heterocycles. The van der Waals surface area contributed by atoms with Crippen molar-refractivity contribution < 1.29 is 9.53 Å². The van der Waals surface area contributed by atoms with Gasteiger partial charge in [0.1, 0.15) is 5.75 Å². The number of nitrogens with two attached hydrogens (primary N) is 1. The van der Waals surface area contributed by atoms with Crippen molar-refractivity contribution in [3.8, 4) is 5.75 Å². The lowest BCUT2D eigenvalue weighted by Crippen LogP contribution is -2.11. The van der Waals surface area contributed by atoms with E-state index in [1.54, 1.807) is 25.3 Å². The van der Waals surface area contributed by atoms with Gasteiger partial charge in [-0.05, 0) is 29.3 Å². The fraction of sp³-hybridized carbons (Fsp3) is 0.136. The van der Waals surface area contributed by atoms with Crippen molar-refractivity contribution in [1.29, 1.82) is 0 Å². The maximum absolute atomic E-state index is 13.0. The average molecular weight is 331 g/mol. The first-order valence-corrected chi connectivity index (χ1v) is 8.25. The number of carbonyl (C=O) groups is 1. The highest BCUT2D eigenvalue weighted by atomic mass is 16.5. The molecule has 0 saturated carbocycles. The van der Waals surface area contributed by atoms with Crippen LogP contribution in [0.15, 0.2) is 78.9 Å². The van der Waals surface area contributed by atoms with Crippen LogP contribution >= 0.6 is 0 Å². The minimum absolute atomic E-state index is 0.00843. The zero-order valence-electron chi connectivity index (χ0n) is 14.2. The molecule has 25 heavy (non-hydrogen) atoms. The van der Waals surface area contributed by atoms with Gasteiger partial charge in [-0.25, -0.2) is 0 Å². The Morgan fingerprint density at radius 3 is 2.00 bits per heavy atom. The second-order valence-electron chi connectivity index (χ2n) is 5.95. The van der Waals surface area contributed by atoms with E-state index < -0.39 is 0 Å². The van der Waals surface area contributed by atoms with E-state index in [0.717, 1.165) is 11.1 Å². The number of methoxy groups -OCH3 is 1. The molecule has 0 saturated heterocycles. The normalized spacial score (nSPS) is 10.6. The third-order valence-electron chi connectivity index (χ3n) is 4.35. The molecule has 0 aliphatic heterocycles. The van der Waals surface area contributed by atoms with Crippen LogP contribution in [0.3, 0.4) is 0 Å². The van der Waals surface area contributed by atoms with Crippen LogP contribution in [0.4, 0.5) is 5.69 Å². The number of ketones is 1. The minimum Gasteiger partial charge on any atom is -0.497 e. The molecule has 0 atom stereocenters. The van der Waals surface area contributed by atoms with E-state index >= 15 is 0 Å². The molecular formula is C22H21NO2. The van der Waals surface area contributed by atoms with E-state index in [1.807, 2.05) is 36.4 Å². The van der Waals surface area contributed by atoms with E-state index in [-0.39, 0.29) is 11.7 Å². The molecule has 0 aliphatic carbocycles. The number of anilines is 1. The molecule has 0 unspecified atom stereocenters. The van der Waals surface area contributed by atoms with Gasteiger partial charge in [0.25, 0.3) is 0 Å². The van der Waals surface area contributed by atoms with Gasteiger partial charge in [0.2, 0.25) is 0 Å². The van der Waals surface area contributed by atoms with Crippen LogP contribution in [0.5, 0.6) is 5.75 Å². The summed E-state index contributed by atoms with van der Waals surface area (Å²) in [7, 11) is 1.58. The average Bonchev–Trinajstić information content (AvgIpc) is 2.67. The molecule has 0 amide bonds. The number of ether oxygens (including phenoxy) is 1. The van der Waals surface area contributed by atoms with Crippen LogP contribution < -0.4 is 10.5 Å².